The maximum Gasteiger partial charge on any atom is 0.268 e. The third kappa shape index (κ3) is 4.64. The molecule has 0 saturated heterocycles. The van der Waals surface area contributed by atoms with E-state index in [-0.39, 0.29) is 26.5 Å². The van der Waals surface area contributed by atoms with Crippen LogP contribution in [0.2, 0.25) is 0 Å². The Balaban J connectivity index is 0.00000300. The molecule has 4 aromatic carbocycles. The molecule has 0 radical (unpaired) electrons. The Hall–Kier alpha value is -4.32. The van der Waals surface area contributed by atoms with Crippen LogP contribution in [-0.2, 0) is 26.5 Å². The summed E-state index contributed by atoms with van der Waals surface area (Å²) in [4.78, 5) is 10.6. The number of thiazole rings is 1. The molecule has 4 heterocycles. The molecule has 4 aromatic heterocycles. The van der Waals surface area contributed by atoms with Crippen molar-refractivity contribution >= 4 is 48.7 Å². The summed E-state index contributed by atoms with van der Waals surface area (Å²) in [5, 5.41) is 0. The normalized spacial score (nSPS) is 11.9. The van der Waals surface area contributed by atoms with E-state index in [1.54, 1.807) is 11.3 Å². The van der Waals surface area contributed by atoms with Gasteiger partial charge >= 0.3 is 0 Å². The SMILES string of the molecule is CC(C)(C)c1ccnc2c1nc1sc3ccc(Oc4[c-]c(-n5[c-][n+](-c6ccccc6)c6ccccc65)ccc4)[c-]c3n12.[Pt]. The van der Waals surface area contributed by atoms with Crippen molar-refractivity contribution < 1.29 is 30.4 Å². The second-order valence-corrected chi connectivity index (χ2v) is 12.3. The Morgan fingerprint density at radius 3 is 2.47 bits per heavy atom. The molecule has 0 aliphatic heterocycles. The second-order valence-electron chi connectivity index (χ2n) is 11.2. The van der Waals surface area contributed by atoms with Gasteiger partial charge in [0, 0.05) is 38.8 Å². The van der Waals surface area contributed by atoms with E-state index in [1.807, 2.05) is 65.4 Å². The molecule has 0 aliphatic rings. The number of rotatable bonds is 4. The molecule has 0 atom stereocenters. The summed E-state index contributed by atoms with van der Waals surface area (Å²) in [5.41, 5.74) is 7.77. The van der Waals surface area contributed by atoms with Gasteiger partial charge in [-0.25, -0.2) is 9.97 Å². The summed E-state index contributed by atoms with van der Waals surface area (Å²) in [5.74, 6) is 1.20. The molecule has 8 aromatic rings. The Kier molecular flexibility index (Phi) is 6.68. The summed E-state index contributed by atoms with van der Waals surface area (Å²) in [7, 11) is 0. The molecule has 0 unspecified atom stereocenters. The van der Waals surface area contributed by atoms with E-state index in [4.69, 9.17) is 14.7 Å². The zero-order chi connectivity index (χ0) is 28.4. The van der Waals surface area contributed by atoms with Crippen LogP contribution in [0.15, 0.2) is 97.2 Å². The maximum absolute atomic E-state index is 6.34. The van der Waals surface area contributed by atoms with Crippen molar-refractivity contribution in [3.63, 3.8) is 0 Å². The first-order valence-corrected chi connectivity index (χ1v) is 14.6. The van der Waals surface area contributed by atoms with Crippen molar-refractivity contribution in [3.05, 3.63) is 121 Å². The van der Waals surface area contributed by atoms with E-state index >= 15 is 0 Å². The summed E-state index contributed by atoms with van der Waals surface area (Å²) in [6, 6.07) is 37.4. The number of imidazole rings is 2. The predicted molar refractivity (Wildman–Crippen MR) is 166 cm³/mol. The van der Waals surface area contributed by atoms with Crippen molar-refractivity contribution in [3.8, 4) is 22.9 Å². The van der Waals surface area contributed by atoms with Gasteiger partial charge in [0.25, 0.3) is 6.33 Å². The monoisotopic (exact) mass is 758 g/mol. The number of aromatic nitrogens is 5. The van der Waals surface area contributed by atoms with Crippen LogP contribution < -0.4 is 9.30 Å². The predicted octanol–water partition coefficient (Wildman–Crippen LogP) is 7.81. The van der Waals surface area contributed by atoms with Gasteiger partial charge in [0.15, 0.2) is 10.6 Å². The van der Waals surface area contributed by atoms with Crippen LogP contribution in [0.5, 0.6) is 11.5 Å². The minimum Gasteiger partial charge on any atom is -0.510 e. The van der Waals surface area contributed by atoms with Crippen LogP contribution in [0.25, 0.3) is 48.7 Å². The maximum atomic E-state index is 6.34. The van der Waals surface area contributed by atoms with Gasteiger partial charge < -0.3 is 9.30 Å². The molecule has 43 heavy (non-hydrogen) atoms. The third-order valence-corrected chi connectivity index (χ3v) is 8.41. The van der Waals surface area contributed by atoms with Crippen molar-refractivity contribution in [2.75, 3.05) is 0 Å². The summed E-state index contributed by atoms with van der Waals surface area (Å²) >= 11 is 1.63. The molecule has 8 rings (SSSR count). The Morgan fingerprint density at radius 1 is 0.837 bits per heavy atom. The van der Waals surface area contributed by atoms with Crippen molar-refractivity contribution in [2.24, 2.45) is 0 Å². The Morgan fingerprint density at radius 2 is 1.63 bits per heavy atom. The van der Waals surface area contributed by atoms with Gasteiger partial charge in [0.05, 0.1) is 16.7 Å². The summed E-state index contributed by atoms with van der Waals surface area (Å²) < 4.78 is 13.6. The fourth-order valence-corrected chi connectivity index (χ4v) is 6.41. The quantitative estimate of drug-likeness (QED) is 0.136. The number of para-hydroxylation sites is 3. The van der Waals surface area contributed by atoms with Gasteiger partial charge in [-0.2, -0.15) is 29.5 Å². The first kappa shape index (κ1) is 27.5. The van der Waals surface area contributed by atoms with E-state index in [0.29, 0.717) is 11.5 Å². The largest absolute Gasteiger partial charge is 0.510 e. The number of hydrogen-bond acceptors (Lipinski definition) is 4. The van der Waals surface area contributed by atoms with Crippen LogP contribution in [0.4, 0.5) is 0 Å². The number of ether oxygens (including phenoxy) is 1. The van der Waals surface area contributed by atoms with Crippen LogP contribution in [0.3, 0.4) is 0 Å². The molecule has 8 heteroatoms. The van der Waals surface area contributed by atoms with E-state index in [9.17, 15) is 0 Å². The van der Waals surface area contributed by atoms with Crippen LogP contribution in [-0.4, -0.2) is 18.9 Å². The van der Waals surface area contributed by atoms with Gasteiger partial charge in [0.2, 0.25) is 0 Å². The minimum atomic E-state index is -0.0390. The minimum absolute atomic E-state index is 0. The molecule has 0 spiro atoms. The smallest absolute Gasteiger partial charge is 0.268 e. The zero-order valence-corrected chi connectivity index (χ0v) is 26.7. The fourth-order valence-electron chi connectivity index (χ4n) is 5.44. The number of benzene rings is 4. The fraction of sp³-hybridized carbons (Fsp3) is 0.114. The number of nitrogens with zero attached hydrogens (tertiary/aromatic N) is 5. The van der Waals surface area contributed by atoms with Crippen molar-refractivity contribution in [2.45, 2.75) is 26.2 Å². The van der Waals surface area contributed by atoms with Gasteiger partial charge in [-0.3, -0.25) is 8.97 Å². The number of pyridine rings is 1. The van der Waals surface area contributed by atoms with E-state index in [1.165, 1.54) is 5.56 Å². The second kappa shape index (κ2) is 10.4. The average molecular weight is 759 g/mol. The Bertz CT molecular complexity index is 2280. The standard InChI is InChI=1S/C35H25N5OS.Pt/c1-35(2,3)27-18-19-36-33-32(27)37-34-40(33)30-21-26(16-17-31(30)42-34)41-25-13-9-12-24(20-25)39-22-38(23-10-5-4-6-11-23)28-14-7-8-15-29(28)39;/h4-19H,1-3H3;/q-2;. The molecule has 0 amide bonds. The zero-order valence-electron chi connectivity index (χ0n) is 23.6. The molecule has 0 saturated carbocycles. The van der Waals surface area contributed by atoms with Crippen LogP contribution in [0, 0.1) is 18.5 Å². The molecule has 0 bridgehead atoms. The summed E-state index contributed by atoms with van der Waals surface area (Å²) in [6.07, 6.45) is 5.37. The van der Waals surface area contributed by atoms with E-state index in [0.717, 1.165) is 48.7 Å². The molecular formula is C35H25N5OPtS-2. The Labute approximate surface area is 267 Å². The number of fused-ring (bicyclic) bond motifs is 6. The van der Waals surface area contributed by atoms with E-state index < -0.39 is 0 Å². The van der Waals surface area contributed by atoms with Gasteiger partial charge in [-0.1, -0.05) is 67.9 Å². The molecule has 6 nitrogen and oxygen atoms in total. The molecule has 0 N–H and O–H groups in total. The summed E-state index contributed by atoms with van der Waals surface area (Å²) in [6.45, 7) is 6.60. The van der Waals surface area contributed by atoms with Gasteiger partial charge in [-0.15, -0.1) is 24.3 Å². The van der Waals surface area contributed by atoms with Crippen LogP contribution in [0.1, 0.15) is 26.3 Å². The molecule has 0 fully saturated rings. The van der Waals surface area contributed by atoms with E-state index in [2.05, 4.69) is 84.6 Å². The van der Waals surface area contributed by atoms with Crippen molar-refractivity contribution in [1.29, 1.82) is 0 Å². The van der Waals surface area contributed by atoms with Gasteiger partial charge in [0.1, 0.15) is 5.52 Å². The third-order valence-electron chi connectivity index (χ3n) is 7.40. The molecule has 214 valence electrons. The van der Waals surface area contributed by atoms with Gasteiger partial charge in [-0.05, 0) is 40.4 Å². The number of hydrogen-bond donors (Lipinski definition) is 0. The van der Waals surface area contributed by atoms with Crippen molar-refractivity contribution in [1.82, 2.24) is 18.9 Å². The molecular weight excluding hydrogens is 734 g/mol. The molecule has 0 aliphatic carbocycles. The topological polar surface area (TPSA) is 48.2 Å². The average Bonchev–Trinajstić information content (AvgIpc) is 3.67. The van der Waals surface area contributed by atoms with Crippen LogP contribution >= 0.6 is 11.3 Å². The first-order chi connectivity index (χ1) is 20.4. The first-order valence-electron chi connectivity index (χ1n) is 13.8.